The van der Waals surface area contributed by atoms with E-state index in [0.29, 0.717) is 17.5 Å². The number of fused-ring (bicyclic) bond motifs is 2. The maximum absolute atomic E-state index is 13.0. The Balaban J connectivity index is 1.67. The van der Waals surface area contributed by atoms with E-state index in [1.165, 1.54) is 9.58 Å². The number of benzene rings is 1. The van der Waals surface area contributed by atoms with Crippen LogP contribution < -0.4 is 5.56 Å². The van der Waals surface area contributed by atoms with E-state index in [-0.39, 0.29) is 30.0 Å². The van der Waals surface area contributed by atoms with Crippen molar-refractivity contribution < 1.29 is 14.7 Å². The minimum atomic E-state index is -0.965. The molecule has 1 amide bonds. The summed E-state index contributed by atoms with van der Waals surface area (Å²) < 4.78 is 1.18. The summed E-state index contributed by atoms with van der Waals surface area (Å²) in [6, 6.07) is 6.34. The zero-order valence-electron chi connectivity index (χ0n) is 15.3. The van der Waals surface area contributed by atoms with Crippen LogP contribution in [0.2, 0.25) is 0 Å². The molecule has 1 aromatic heterocycles. The van der Waals surface area contributed by atoms with Crippen molar-refractivity contribution in [1.29, 1.82) is 0 Å². The van der Waals surface area contributed by atoms with Gasteiger partial charge < -0.3 is 10.0 Å². The summed E-state index contributed by atoms with van der Waals surface area (Å²) in [6.45, 7) is 1.58. The van der Waals surface area contributed by atoms with E-state index in [4.69, 9.17) is 0 Å². The van der Waals surface area contributed by atoms with Gasteiger partial charge in [-0.15, -0.1) is 0 Å². The number of carbonyl (C=O) groups is 2. The molecular weight excluding hydrogens is 346 g/mol. The molecule has 27 heavy (non-hydrogen) atoms. The molecule has 1 aromatic carbocycles. The SMILES string of the molecule is Cc1nn(CC(=O)N2[C@H](C(=O)O)C[C@H]3CCCC[C@@H]32)c(=O)c2ccccc12. The Kier molecular flexibility index (Phi) is 4.45. The second kappa shape index (κ2) is 6.79. The summed E-state index contributed by atoms with van der Waals surface area (Å²) in [5.41, 5.74) is 0.348. The van der Waals surface area contributed by atoms with Crippen LogP contribution in [-0.2, 0) is 16.1 Å². The monoisotopic (exact) mass is 369 g/mol. The fraction of sp³-hybridized carbons (Fsp3) is 0.500. The van der Waals surface area contributed by atoms with E-state index in [9.17, 15) is 19.5 Å². The van der Waals surface area contributed by atoms with Gasteiger partial charge in [-0.05, 0) is 38.2 Å². The van der Waals surface area contributed by atoms with Gasteiger partial charge in [-0.2, -0.15) is 5.10 Å². The molecule has 4 rings (SSSR count). The number of aromatic nitrogens is 2. The summed E-state index contributed by atoms with van der Waals surface area (Å²) in [4.78, 5) is 39.0. The van der Waals surface area contributed by atoms with Crippen LogP contribution in [0.25, 0.3) is 10.8 Å². The minimum absolute atomic E-state index is 0.0374. The standard InChI is InChI=1S/C20H23N3O4/c1-12-14-7-3-4-8-15(14)19(25)22(21-12)11-18(24)23-16-9-5-2-6-13(16)10-17(23)20(26)27/h3-4,7-8,13,16-17H,2,5-6,9-11H2,1H3,(H,26,27)/t13-,16+,17+/m1/s1. The van der Waals surface area contributed by atoms with Crippen LogP contribution >= 0.6 is 0 Å². The molecule has 3 atom stereocenters. The zero-order valence-corrected chi connectivity index (χ0v) is 15.3. The average molecular weight is 369 g/mol. The molecule has 1 aliphatic carbocycles. The number of likely N-dealkylation sites (tertiary alicyclic amines) is 1. The van der Waals surface area contributed by atoms with Gasteiger partial charge in [0.15, 0.2) is 0 Å². The first kappa shape index (κ1) is 17.7. The van der Waals surface area contributed by atoms with Crippen molar-refractivity contribution in [3.63, 3.8) is 0 Å². The number of amides is 1. The van der Waals surface area contributed by atoms with Gasteiger partial charge >= 0.3 is 5.97 Å². The number of aliphatic carboxylic acids is 1. The fourth-order valence-electron chi connectivity index (χ4n) is 4.76. The lowest BCUT2D eigenvalue weighted by Gasteiger charge is -2.33. The number of rotatable bonds is 3. The molecule has 1 saturated carbocycles. The van der Waals surface area contributed by atoms with Crippen LogP contribution in [0.15, 0.2) is 29.1 Å². The van der Waals surface area contributed by atoms with E-state index in [1.807, 2.05) is 12.1 Å². The third-order valence-corrected chi connectivity index (χ3v) is 6.00. The number of hydrogen-bond acceptors (Lipinski definition) is 4. The average Bonchev–Trinajstić information content (AvgIpc) is 3.06. The smallest absolute Gasteiger partial charge is 0.326 e. The molecule has 1 aliphatic heterocycles. The van der Waals surface area contributed by atoms with Gasteiger partial charge in [0.25, 0.3) is 5.56 Å². The number of carboxylic acids is 1. The molecule has 1 N–H and O–H groups in total. The van der Waals surface area contributed by atoms with Crippen molar-refractivity contribution in [3.05, 3.63) is 40.3 Å². The first-order chi connectivity index (χ1) is 13.0. The third kappa shape index (κ3) is 3.01. The second-order valence-corrected chi connectivity index (χ2v) is 7.60. The normalized spacial score (nSPS) is 24.8. The Labute approximate surface area is 156 Å². The molecule has 1 saturated heterocycles. The first-order valence-corrected chi connectivity index (χ1v) is 9.48. The first-order valence-electron chi connectivity index (χ1n) is 9.48. The van der Waals surface area contributed by atoms with Crippen LogP contribution in [0.1, 0.15) is 37.8 Å². The van der Waals surface area contributed by atoms with Gasteiger partial charge in [-0.25, -0.2) is 9.48 Å². The van der Waals surface area contributed by atoms with Crippen molar-refractivity contribution >= 4 is 22.6 Å². The molecule has 2 aliphatic rings. The molecule has 0 radical (unpaired) electrons. The number of carboxylic acid groups (broad SMARTS) is 1. The Bertz CT molecular complexity index is 967. The highest BCUT2D eigenvalue weighted by Gasteiger charge is 2.47. The van der Waals surface area contributed by atoms with Crippen molar-refractivity contribution in [1.82, 2.24) is 14.7 Å². The molecule has 7 heteroatoms. The molecule has 2 aromatic rings. The maximum atomic E-state index is 13.0. The van der Waals surface area contributed by atoms with Gasteiger partial charge in [0.1, 0.15) is 12.6 Å². The lowest BCUT2D eigenvalue weighted by molar-refractivity contribution is -0.150. The molecule has 142 valence electrons. The Morgan fingerprint density at radius 1 is 1.19 bits per heavy atom. The Hall–Kier alpha value is -2.70. The molecule has 0 bridgehead atoms. The molecule has 2 heterocycles. The number of carbonyl (C=O) groups excluding carboxylic acids is 1. The lowest BCUT2D eigenvalue weighted by atomic mass is 9.85. The molecule has 7 nitrogen and oxygen atoms in total. The third-order valence-electron chi connectivity index (χ3n) is 6.00. The summed E-state index contributed by atoms with van der Waals surface area (Å²) in [7, 11) is 0. The highest BCUT2D eigenvalue weighted by molar-refractivity contribution is 5.86. The summed E-state index contributed by atoms with van der Waals surface area (Å²) in [6.07, 6.45) is 4.39. The van der Waals surface area contributed by atoms with Crippen molar-refractivity contribution in [2.24, 2.45) is 5.92 Å². The van der Waals surface area contributed by atoms with Crippen LogP contribution in [0.5, 0.6) is 0 Å². The topological polar surface area (TPSA) is 92.5 Å². The number of nitrogens with zero attached hydrogens (tertiary/aromatic N) is 3. The van der Waals surface area contributed by atoms with E-state index in [0.717, 1.165) is 31.1 Å². The number of hydrogen-bond donors (Lipinski definition) is 1. The van der Waals surface area contributed by atoms with E-state index >= 15 is 0 Å². The quantitative estimate of drug-likeness (QED) is 0.893. The fourth-order valence-corrected chi connectivity index (χ4v) is 4.76. The van der Waals surface area contributed by atoms with Crippen molar-refractivity contribution in [3.8, 4) is 0 Å². The van der Waals surface area contributed by atoms with E-state index < -0.39 is 12.0 Å². The van der Waals surface area contributed by atoms with Crippen LogP contribution in [0.3, 0.4) is 0 Å². The highest BCUT2D eigenvalue weighted by atomic mass is 16.4. The Morgan fingerprint density at radius 2 is 1.89 bits per heavy atom. The van der Waals surface area contributed by atoms with Gasteiger partial charge in [0.2, 0.25) is 5.91 Å². The van der Waals surface area contributed by atoms with Crippen molar-refractivity contribution in [2.75, 3.05) is 0 Å². The Morgan fingerprint density at radius 3 is 2.63 bits per heavy atom. The predicted molar refractivity (Wildman–Crippen MR) is 99.4 cm³/mol. The largest absolute Gasteiger partial charge is 0.480 e. The lowest BCUT2D eigenvalue weighted by Crippen LogP contribution is -2.48. The summed E-state index contributed by atoms with van der Waals surface area (Å²) in [5, 5.41) is 15.2. The summed E-state index contributed by atoms with van der Waals surface area (Å²) in [5.74, 6) is -1.05. The van der Waals surface area contributed by atoms with Crippen LogP contribution in [-0.4, -0.2) is 43.7 Å². The van der Waals surface area contributed by atoms with Crippen LogP contribution in [0.4, 0.5) is 0 Å². The summed E-state index contributed by atoms with van der Waals surface area (Å²) >= 11 is 0. The second-order valence-electron chi connectivity index (χ2n) is 7.60. The predicted octanol–water partition coefficient (Wildman–Crippen LogP) is 1.95. The molecule has 0 spiro atoms. The molecular formula is C20H23N3O4. The van der Waals surface area contributed by atoms with E-state index in [1.54, 1.807) is 19.1 Å². The number of aryl methyl sites for hydroxylation is 1. The van der Waals surface area contributed by atoms with E-state index in [2.05, 4.69) is 5.10 Å². The molecule has 2 fully saturated rings. The maximum Gasteiger partial charge on any atom is 0.326 e. The molecule has 0 unspecified atom stereocenters. The van der Waals surface area contributed by atoms with Gasteiger partial charge in [-0.3, -0.25) is 9.59 Å². The highest BCUT2D eigenvalue weighted by Crippen LogP contribution is 2.39. The van der Waals surface area contributed by atoms with Crippen molar-refractivity contribution in [2.45, 2.75) is 57.7 Å². The van der Waals surface area contributed by atoms with Gasteiger partial charge in [0.05, 0.1) is 11.1 Å². The minimum Gasteiger partial charge on any atom is -0.480 e. The van der Waals surface area contributed by atoms with Crippen LogP contribution in [0, 0.1) is 12.8 Å². The zero-order chi connectivity index (χ0) is 19.1. The van der Waals surface area contributed by atoms with Gasteiger partial charge in [-0.1, -0.05) is 31.0 Å². The van der Waals surface area contributed by atoms with Gasteiger partial charge in [0, 0.05) is 11.4 Å².